The minimum Gasteiger partial charge on any atom is -0.507 e. The summed E-state index contributed by atoms with van der Waals surface area (Å²) in [5, 5.41) is 11.4. The molecule has 1 fully saturated rings. The number of Topliss-reactive ketones (excluding diaryl/α,β-unsaturated/α-hetero) is 1. The van der Waals surface area contributed by atoms with E-state index in [9.17, 15) is 19.5 Å². The molecule has 202 valence electrons. The maximum absolute atomic E-state index is 13.4. The Kier molecular flexibility index (Phi) is 8.19. The van der Waals surface area contributed by atoms with E-state index >= 15 is 0 Å². The van der Waals surface area contributed by atoms with Crippen molar-refractivity contribution >= 4 is 29.1 Å². The zero-order valence-corrected chi connectivity index (χ0v) is 22.8. The SMILES string of the molecule is Cc1cccc(C2/C(=C(\O)c3ccc(OCC(C)C)cc3)C(=O)C(=O)N2c2ccc(C(=O)OC(C)C)cc2)c1. The second-order valence-corrected chi connectivity index (χ2v) is 10.3. The van der Waals surface area contributed by atoms with Crippen molar-refractivity contribution in [3.63, 3.8) is 0 Å². The number of hydrogen-bond acceptors (Lipinski definition) is 6. The lowest BCUT2D eigenvalue weighted by Gasteiger charge is -2.26. The van der Waals surface area contributed by atoms with E-state index in [1.54, 1.807) is 62.4 Å². The monoisotopic (exact) mass is 527 g/mol. The smallest absolute Gasteiger partial charge is 0.338 e. The molecule has 0 bridgehead atoms. The summed E-state index contributed by atoms with van der Waals surface area (Å²) in [6.45, 7) is 10.1. The van der Waals surface area contributed by atoms with Gasteiger partial charge in [-0.25, -0.2) is 4.79 Å². The molecule has 1 unspecified atom stereocenters. The molecule has 3 aromatic carbocycles. The second-order valence-electron chi connectivity index (χ2n) is 10.3. The number of rotatable bonds is 8. The molecule has 1 heterocycles. The molecule has 1 N–H and O–H groups in total. The lowest BCUT2D eigenvalue weighted by atomic mass is 9.94. The van der Waals surface area contributed by atoms with Gasteiger partial charge in [0.05, 0.1) is 29.9 Å². The number of hydrogen-bond donors (Lipinski definition) is 1. The fraction of sp³-hybridized carbons (Fsp3) is 0.281. The van der Waals surface area contributed by atoms with Gasteiger partial charge in [-0.3, -0.25) is 14.5 Å². The fourth-order valence-electron chi connectivity index (χ4n) is 4.42. The first kappa shape index (κ1) is 27.6. The van der Waals surface area contributed by atoms with Gasteiger partial charge in [-0.15, -0.1) is 0 Å². The van der Waals surface area contributed by atoms with Gasteiger partial charge in [0.15, 0.2) is 0 Å². The van der Waals surface area contributed by atoms with Gasteiger partial charge in [0, 0.05) is 11.3 Å². The third-order valence-electron chi connectivity index (χ3n) is 6.24. The average Bonchev–Trinajstić information content (AvgIpc) is 3.17. The maximum atomic E-state index is 13.4. The van der Waals surface area contributed by atoms with Crippen LogP contribution in [-0.4, -0.2) is 35.5 Å². The highest BCUT2D eigenvalue weighted by molar-refractivity contribution is 6.51. The first-order chi connectivity index (χ1) is 18.6. The van der Waals surface area contributed by atoms with Crippen LogP contribution in [0, 0.1) is 12.8 Å². The molecular weight excluding hydrogens is 494 g/mol. The quantitative estimate of drug-likeness (QED) is 0.162. The van der Waals surface area contributed by atoms with E-state index in [1.165, 1.54) is 4.90 Å². The van der Waals surface area contributed by atoms with E-state index in [0.29, 0.717) is 40.7 Å². The number of aryl methyl sites for hydroxylation is 1. The van der Waals surface area contributed by atoms with Gasteiger partial charge in [0.1, 0.15) is 11.5 Å². The number of nitrogens with zero attached hydrogens (tertiary/aromatic N) is 1. The normalized spacial score (nSPS) is 16.7. The zero-order chi connectivity index (χ0) is 28.3. The van der Waals surface area contributed by atoms with Gasteiger partial charge in [0.2, 0.25) is 0 Å². The number of anilines is 1. The number of aliphatic hydroxyl groups is 1. The number of amides is 1. The minimum atomic E-state index is -0.866. The third-order valence-corrected chi connectivity index (χ3v) is 6.24. The molecule has 7 nitrogen and oxygen atoms in total. The zero-order valence-electron chi connectivity index (χ0n) is 22.8. The molecule has 7 heteroatoms. The Morgan fingerprint density at radius 1 is 0.923 bits per heavy atom. The summed E-state index contributed by atoms with van der Waals surface area (Å²) in [6, 6.07) is 19.7. The molecule has 1 atom stereocenters. The van der Waals surface area contributed by atoms with Crippen molar-refractivity contribution in [2.24, 2.45) is 5.92 Å². The predicted molar refractivity (Wildman–Crippen MR) is 150 cm³/mol. The van der Waals surface area contributed by atoms with Crippen molar-refractivity contribution in [2.75, 3.05) is 11.5 Å². The van der Waals surface area contributed by atoms with E-state index in [0.717, 1.165) is 5.56 Å². The van der Waals surface area contributed by atoms with E-state index in [2.05, 4.69) is 13.8 Å². The summed E-state index contributed by atoms with van der Waals surface area (Å²) in [7, 11) is 0. The maximum Gasteiger partial charge on any atom is 0.338 e. The Morgan fingerprint density at radius 3 is 2.15 bits per heavy atom. The molecule has 0 spiro atoms. The van der Waals surface area contributed by atoms with Crippen LogP contribution in [0.1, 0.15) is 60.8 Å². The Morgan fingerprint density at radius 2 is 1.56 bits per heavy atom. The highest BCUT2D eigenvalue weighted by Crippen LogP contribution is 2.42. The molecule has 1 aliphatic heterocycles. The van der Waals surface area contributed by atoms with Crippen LogP contribution in [0.15, 0.2) is 78.4 Å². The first-order valence-corrected chi connectivity index (χ1v) is 13.0. The summed E-state index contributed by atoms with van der Waals surface area (Å²) in [6.07, 6.45) is -0.271. The lowest BCUT2D eigenvalue weighted by molar-refractivity contribution is -0.132. The standard InChI is InChI=1S/C32H33NO6/c1-19(2)18-38-26-15-11-22(12-16-26)29(34)27-28(24-8-6-7-21(5)17-24)33(31(36)30(27)35)25-13-9-23(10-14-25)32(37)39-20(3)4/h6-17,19-20,28,34H,18H2,1-5H3/b29-27+. The number of carbonyl (C=O) groups excluding carboxylic acids is 3. The van der Waals surface area contributed by atoms with Gasteiger partial charge < -0.3 is 14.6 Å². The van der Waals surface area contributed by atoms with Crippen LogP contribution in [0.4, 0.5) is 5.69 Å². The highest BCUT2D eigenvalue weighted by Gasteiger charge is 2.47. The molecule has 1 amide bonds. The largest absolute Gasteiger partial charge is 0.507 e. The Hall–Kier alpha value is -4.39. The van der Waals surface area contributed by atoms with Crippen molar-refractivity contribution in [3.8, 4) is 5.75 Å². The van der Waals surface area contributed by atoms with Crippen molar-refractivity contribution in [2.45, 2.75) is 46.8 Å². The molecule has 1 saturated heterocycles. The highest BCUT2D eigenvalue weighted by atomic mass is 16.5. The number of carbonyl (C=O) groups is 3. The van der Waals surface area contributed by atoms with Crippen molar-refractivity contribution in [3.05, 3.63) is 101 Å². The summed E-state index contributed by atoms with van der Waals surface area (Å²) in [5.41, 5.74) is 2.75. The van der Waals surface area contributed by atoms with Crippen LogP contribution in [0.25, 0.3) is 5.76 Å². The number of esters is 1. The van der Waals surface area contributed by atoms with Gasteiger partial charge in [0.25, 0.3) is 11.7 Å². The topological polar surface area (TPSA) is 93.1 Å². The van der Waals surface area contributed by atoms with E-state index in [-0.39, 0.29) is 17.4 Å². The molecule has 0 radical (unpaired) electrons. The molecule has 0 aromatic heterocycles. The molecule has 39 heavy (non-hydrogen) atoms. The second kappa shape index (κ2) is 11.6. The molecule has 1 aliphatic rings. The predicted octanol–water partition coefficient (Wildman–Crippen LogP) is 6.22. The average molecular weight is 528 g/mol. The van der Waals surface area contributed by atoms with Crippen LogP contribution < -0.4 is 9.64 Å². The van der Waals surface area contributed by atoms with Gasteiger partial charge in [-0.05, 0) is 80.8 Å². The third kappa shape index (κ3) is 6.03. The van der Waals surface area contributed by atoms with Crippen LogP contribution in [-0.2, 0) is 14.3 Å². The molecule has 0 aliphatic carbocycles. The van der Waals surface area contributed by atoms with Crippen LogP contribution in [0.5, 0.6) is 5.75 Å². The summed E-state index contributed by atoms with van der Waals surface area (Å²) < 4.78 is 11.0. The molecule has 4 rings (SSSR count). The summed E-state index contributed by atoms with van der Waals surface area (Å²) in [5.74, 6) is -1.30. The van der Waals surface area contributed by atoms with Crippen LogP contribution in [0.3, 0.4) is 0 Å². The van der Waals surface area contributed by atoms with Gasteiger partial charge >= 0.3 is 5.97 Å². The lowest BCUT2D eigenvalue weighted by Crippen LogP contribution is -2.29. The Bertz CT molecular complexity index is 1400. The van der Waals surface area contributed by atoms with E-state index in [1.807, 2.05) is 31.2 Å². The van der Waals surface area contributed by atoms with Gasteiger partial charge in [-0.1, -0.05) is 43.7 Å². The summed E-state index contributed by atoms with van der Waals surface area (Å²) in [4.78, 5) is 40.5. The molecule has 0 saturated carbocycles. The molecule has 3 aromatic rings. The van der Waals surface area contributed by atoms with Crippen LogP contribution >= 0.6 is 0 Å². The summed E-state index contributed by atoms with van der Waals surface area (Å²) >= 11 is 0. The number of benzene rings is 3. The van der Waals surface area contributed by atoms with E-state index < -0.39 is 23.7 Å². The number of ether oxygens (including phenoxy) is 2. The molecular formula is C32H33NO6. The van der Waals surface area contributed by atoms with Crippen LogP contribution in [0.2, 0.25) is 0 Å². The number of aliphatic hydroxyl groups excluding tert-OH is 1. The number of ketones is 1. The van der Waals surface area contributed by atoms with Crippen molar-refractivity contribution in [1.29, 1.82) is 0 Å². The Balaban J connectivity index is 1.77. The first-order valence-electron chi connectivity index (χ1n) is 13.0. The Labute approximate surface area is 228 Å². The minimum absolute atomic E-state index is 0.00950. The van der Waals surface area contributed by atoms with E-state index in [4.69, 9.17) is 9.47 Å². The van der Waals surface area contributed by atoms with Crippen molar-refractivity contribution in [1.82, 2.24) is 0 Å². The van der Waals surface area contributed by atoms with Gasteiger partial charge in [-0.2, -0.15) is 0 Å². The van der Waals surface area contributed by atoms with Crippen molar-refractivity contribution < 1.29 is 29.0 Å². The fourth-order valence-corrected chi connectivity index (χ4v) is 4.42.